The first kappa shape index (κ1) is 22.1. The molecule has 0 saturated heterocycles. The number of carboxylic acids is 1. The minimum atomic E-state index is -0.947. The molecular weight excluding hydrogens is 388 g/mol. The molecule has 0 aromatic heterocycles. The average Bonchev–Trinajstić information content (AvgIpc) is 2.77. The smallest absolute Gasteiger partial charge is 0.336 e. The summed E-state index contributed by atoms with van der Waals surface area (Å²) in [7, 11) is 7.92. The van der Waals surface area contributed by atoms with Gasteiger partial charge in [0.15, 0.2) is 0 Å². The number of nitrogens with zero attached hydrogens (tertiary/aromatic N) is 2. The van der Waals surface area contributed by atoms with E-state index in [4.69, 9.17) is 4.42 Å². The largest absolute Gasteiger partial charge is 0.478 e. The van der Waals surface area contributed by atoms with Crippen LogP contribution in [0.15, 0.2) is 65.1 Å². The van der Waals surface area contributed by atoms with Crippen LogP contribution < -0.4 is 14.8 Å². The lowest BCUT2D eigenvalue weighted by molar-refractivity contribution is 0.0697. The van der Waals surface area contributed by atoms with E-state index in [1.807, 2.05) is 100 Å². The number of fused-ring (bicyclic) bond motifs is 2. The van der Waals surface area contributed by atoms with Gasteiger partial charge in [-0.2, -0.15) is 0 Å². The molecule has 0 radical (unpaired) electrons. The van der Waals surface area contributed by atoms with Crippen LogP contribution in [0.5, 0.6) is 0 Å². The molecule has 1 aliphatic carbocycles. The van der Waals surface area contributed by atoms with Gasteiger partial charge >= 0.3 is 5.97 Å². The van der Waals surface area contributed by atoms with E-state index in [9.17, 15) is 9.90 Å². The zero-order valence-electron chi connectivity index (χ0n) is 18.9. The van der Waals surface area contributed by atoms with Gasteiger partial charge in [-0.3, -0.25) is 0 Å². The number of hydrogen-bond donors (Lipinski definition) is 1. The predicted molar refractivity (Wildman–Crippen MR) is 128 cm³/mol. The van der Waals surface area contributed by atoms with E-state index < -0.39 is 5.97 Å². The van der Waals surface area contributed by atoms with E-state index in [-0.39, 0.29) is 5.56 Å². The summed E-state index contributed by atoms with van der Waals surface area (Å²) in [6.07, 6.45) is 0. The zero-order chi connectivity index (χ0) is 22.7. The Bertz CT molecular complexity index is 1280. The molecule has 2 aromatic carbocycles. The second-order valence-corrected chi connectivity index (χ2v) is 7.48. The molecule has 1 heterocycles. The lowest BCUT2D eigenvalue weighted by Gasteiger charge is -2.18. The summed E-state index contributed by atoms with van der Waals surface area (Å²) in [5, 5.41) is 11.7. The highest BCUT2D eigenvalue weighted by Crippen LogP contribution is 2.41. The maximum absolute atomic E-state index is 11.9. The number of hydrogen-bond acceptors (Lipinski definition) is 3. The monoisotopic (exact) mass is 417 g/mol. The second-order valence-electron chi connectivity index (χ2n) is 7.48. The fourth-order valence-electron chi connectivity index (χ4n) is 3.60. The first-order chi connectivity index (χ1) is 14.9. The molecule has 0 spiro atoms. The Morgan fingerprint density at radius 3 is 2.29 bits per heavy atom. The van der Waals surface area contributed by atoms with E-state index in [0.29, 0.717) is 5.56 Å². The van der Waals surface area contributed by atoms with Crippen LogP contribution in [0.2, 0.25) is 0 Å². The SMILES string of the molecule is CC.CN(C)c1ccc2c(-c3ccccc3C(=O)O)c3ccc(=[N+](C)C)cc-3oc2c1. The van der Waals surface area contributed by atoms with Gasteiger partial charge in [0.1, 0.15) is 25.4 Å². The predicted octanol–water partition coefficient (Wildman–Crippen LogP) is 5.03. The first-order valence-electron chi connectivity index (χ1n) is 10.4. The topological polar surface area (TPSA) is 56.7 Å². The van der Waals surface area contributed by atoms with Crippen molar-refractivity contribution >= 4 is 22.6 Å². The summed E-state index contributed by atoms with van der Waals surface area (Å²) in [5.41, 5.74) is 4.44. The number of carbonyl (C=O) groups is 1. The molecule has 5 nitrogen and oxygen atoms in total. The summed E-state index contributed by atoms with van der Waals surface area (Å²) in [4.78, 5) is 13.9. The molecule has 0 saturated carbocycles. The van der Waals surface area contributed by atoms with Crippen LogP contribution in [0, 0.1) is 0 Å². The van der Waals surface area contributed by atoms with E-state index in [2.05, 4.69) is 0 Å². The normalized spacial score (nSPS) is 10.5. The van der Waals surface area contributed by atoms with Gasteiger partial charge in [-0.15, -0.1) is 0 Å². The van der Waals surface area contributed by atoms with Crippen molar-refractivity contribution in [2.24, 2.45) is 0 Å². The number of anilines is 1. The summed E-state index contributed by atoms with van der Waals surface area (Å²) in [5.74, 6) is -0.229. The molecule has 2 aliphatic rings. The zero-order valence-corrected chi connectivity index (χ0v) is 18.9. The quantitative estimate of drug-likeness (QED) is 0.375. The minimum Gasteiger partial charge on any atom is -0.478 e. The summed E-state index contributed by atoms with van der Waals surface area (Å²) in [6.45, 7) is 4.00. The van der Waals surface area contributed by atoms with Crippen molar-refractivity contribution in [3.8, 4) is 22.5 Å². The van der Waals surface area contributed by atoms with Crippen LogP contribution in [0.25, 0.3) is 33.4 Å². The molecule has 4 rings (SSSR count). The van der Waals surface area contributed by atoms with Crippen molar-refractivity contribution in [1.82, 2.24) is 4.58 Å². The molecule has 160 valence electrons. The van der Waals surface area contributed by atoms with Gasteiger partial charge in [0.05, 0.1) is 11.6 Å². The third-order valence-corrected chi connectivity index (χ3v) is 5.15. The Balaban J connectivity index is 0.00000132. The second kappa shape index (κ2) is 9.04. The summed E-state index contributed by atoms with van der Waals surface area (Å²) < 4.78 is 8.30. The molecule has 31 heavy (non-hydrogen) atoms. The van der Waals surface area contributed by atoms with Crippen LogP contribution in [0.3, 0.4) is 0 Å². The van der Waals surface area contributed by atoms with Gasteiger partial charge < -0.3 is 14.4 Å². The van der Waals surface area contributed by atoms with Gasteiger partial charge in [-0.25, -0.2) is 9.37 Å². The van der Waals surface area contributed by atoms with Crippen LogP contribution in [0.1, 0.15) is 24.2 Å². The van der Waals surface area contributed by atoms with Gasteiger partial charge in [0, 0.05) is 48.4 Å². The highest BCUT2D eigenvalue weighted by Gasteiger charge is 2.21. The highest BCUT2D eigenvalue weighted by molar-refractivity contribution is 6.07. The standard InChI is InChI=1S/C24H22N2O3.C2H6/c1-25(2)15-9-11-19-21(13-15)29-22-14-16(26(3)4)10-12-20(22)23(19)17-7-5-6-8-18(17)24(27)28;1-2/h5-14H,1-4H3;1-2H3/p+1. The third kappa shape index (κ3) is 4.17. The van der Waals surface area contributed by atoms with Gasteiger partial charge in [0.2, 0.25) is 5.36 Å². The van der Waals surface area contributed by atoms with E-state index in [0.717, 1.165) is 38.9 Å². The van der Waals surface area contributed by atoms with Crippen LogP contribution >= 0.6 is 0 Å². The van der Waals surface area contributed by atoms with E-state index in [1.54, 1.807) is 12.1 Å². The highest BCUT2D eigenvalue weighted by atomic mass is 16.4. The van der Waals surface area contributed by atoms with Gasteiger partial charge in [-0.1, -0.05) is 32.0 Å². The van der Waals surface area contributed by atoms with E-state index in [1.165, 1.54) is 0 Å². The van der Waals surface area contributed by atoms with Crippen LogP contribution in [-0.2, 0) is 0 Å². The van der Waals surface area contributed by atoms with Crippen LogP contribution in [0.4, 0.5) is 5.69 Å². The minimum absolute atomic E-state index is 0.273. The lowest BCUT2D eigenvalue weighted by Crippen LogP contribution is -2.21. The molecule has 0 amide bonds. The molecule has 0 unspecified atom stereocenters. The van der Waals surface area contributed by atoms with Gasteiger partial charge in [-0.05, 0) is 29.8 Å². The third-order valence-electron chi connectivity index (χ3n) is 5.15. The average molecular weight is 418 g/mol. The molecule has 0 fully saturated rings. The maximum Gasteiger partial charge on any atom is 0.336 e. The molecule has 2 aromatic rings. The molecule has 0 atom stereocenters. The Morgan fingerprint density at radius 2 is 1.65 bits per heavy atom. The molecule has 5 heteroatoms. The molecule has 1 N–H and O–H groups in total. The Hall–Kier alpha value is -3.60. The number of rotatable bonds is 3. The van der Waals surface area contributed by atoms with Crippen molar-refractivity contribution in [3.63, 3.8) is 0 Å². The van der Waals surface area contributed by atoms with Gasteiger partial charge in [0.25, 0.3) is 0 Å². The first-order valence-corrected chi connectivity index (χ1v) is 10.4. The van der Waals surface area contributed by atoms with Crippen molar-refractivity contribution < 1.29 is 14.3 Å². The van der Waals surface area contributed by atoms with Crippen molar-refractivity contribution in [3.05, 3.63) is 71.6 Å². The Morgan fingerprint density at radius 1 is 0.935 bits per heavy atom. The Kier molecular flexibility index (Phi) is 6.44. The van der Waals surface area contributed by atoms with Crippen LogP contribution in [-0.4, -0.2) is 39.3 Å². The van der Waals surface area contributed by atoms with Crippen molar-refractivity contribution in [2.45, 2.75) is 13.8 Å². The lowest BCUT2D eigenvalue weighted by atomic mass is 9.90. The number of aromatic carboxylic acids is 1. The molecule has 1 aliphatic heterocycles. The summed E-state index contributed by atoms with van der Waals surface area (Å²) >= 11 is 0. The maximum atomic E-state index is 11.9. The Labute approximate surface area is 182 Å². The molecule has 0 bridgehead atoms. The summed E-state index contributed by atoms with van der Waals surface area (Å²) in [6, 6.07) is 19.1. The number of carboxylic acid groups (broad SMARTS) is 1. The molecular formula is C26H29N2O3+. The fraction of sp³-hybridized carbons (Fsp3) is 0.231. The van der Waals surface area contributed by atoms with Crippen molar-refractivity contribution in [1.29, 1.82) is 0 Å². The number of benzene rings is 3. The van der Waals surface area contributed by atoms with Crippen molar-refractivity contribution in [2.75, 3.05) is 33.1 Å². The fourth-order valence-corrected chi connectivity index (χ4v) is 3.60. The van der Waals surface area contributed by atoms with E-state index >= 15 is 0 Å².